The van der Waals surface area contributed by atoms with E-state index in [9.17, 15) is 4.39 Å². The number of halogens is 1. The fourth-order valence-electron chi connectivity index (χ4n) is 3.94. The molecule has 0 aromatic rings. The summed E-state index contributed by atoms with van der Waals surface area (Å²) in [5.74, 6) is 1.61. The fourth-order valence-corrected chi connectivity index (χ4v) is 4.05. The van der Waals surface area contributed by atoms with Gasteiger partial charge in [-0.15, -0.1) is 6.58 Å². The second kappa shape index (κ2) is 10.1. The molecule has 1 unspecified atom stereocenters. The number of rotatable bonds is 9. The molecule has 0 aromatic heterocycles. The van der Waals surface area contributed by atoms with Gasteiger partial charge in [-0.1, -0.05) is 50.7 Å². The van der Waals surface area contributed by atoms with Gasteiger partial charge in [0.05, 0.1) is 10.9 Å². The maximum atomic E-state index is 14.8. The molecule has 0 heterocycles. The van der Waals surface area contributed by atoms with Crippen LogP contribution in [0, 0.1) is 11.8 Å². The Bertz CT molecular complexity index is 510. The highest BCUT2D eigenvalue weighted by Gasteiger charge is 2.30. The number of unbranched alkanes of at least 4 members (excludes halogenated alkanes) is 2. The smallest absolute Gasteiger partial charge is 0.133 e. The van der Waals surface area contributed by atoms with Gasteiger partial charge in [0.25, 0.3) is 0 Å². The minimum atomic E-state index is -1.19. The van der Waals surface area contributed by atoms with E-state index >= 15 is 0 Å². The van der Waals surface area contributed by atoms with Crippen molar-refractivity contribution in [2.45, 2.75) is 76.3 Å². The topological polar surface area (TPSA) is 12.4 Å². The molecule has 1 atom stereocenters. The summed E-state index contributed by atoms with van der Waals surface area (Å²) in [4.78, 5) is 3.91. The lowest BCUT2D eigenvalue weighted by Gasteiger charge is -2.31. The normalized spacial score (nSPS) is 29.6. The molecule has 0 bridgehead atoms. The Morgan fingerprint density at radius 1 is 1.25 bits per heavy atom. The number of thiocarbonyl (C=S) groups is 1. The van der Waals surface area contributed by atoms with E-state index in [-0.39, 0.29) is 0 Å². The maximum Gasteiger partial charge on any atom is 0.133 e. The zero-order chi connectivity index (χ0) is 17.3. The summed E-state index contributed by atoms with van der Waals surface area (Å²) in [5.41, 5.74) is -0.461. The number of alkyl halides is 1. The fraction of sp³-hybridized carbons (Fsp3) is 0.667. The van der Waals surface area contributed by atoms with E-state index in [0.29, 0.717) is 18.8 Å². The zero-order valence-electron chi connectivity index (χ0n) is 14.7. The summed E-state index contributed by atoms with van der Waals surface area (Å²) in [6.45, 7) is 3.78. The molecule has 0 spiro atoms. The molecule has 2 aliphatic rings. The minimum Gasteiger partial charge on any atom is -0.239 e. The summed E-state index contributed by atoms with van der Waals surface area (Å²) >= 11 is 4.59. The minimum absolute atomic E-state index is 0.415. The second-order valence-corrected chi connectivity index (χ2v) is 7.59. The van der Waals surface area contributed by atoms with Crippen molar-refractivity contribution in [1.29, 1.82) is 0 Å². The SMILES string of the molecule is C=CCCCCC1CCC(CCC2(F)C=CC(N=C=S)=CC2)CC1. The molecule has 1 fully saturated rings. The monoisotopic (exact) mass is 347 g/mol. The van der Waals surface area contributed by atoms with E-state index < -0.39 is 5.67 Å². The molecule has 0 radical (unpaired) electrons. The van der Waals surface area contributed by atoms with Crippen molar-refractivity contribution in [2.24, 2.45) is 16.8 Å². The van der Waals surface area contributed by atoms with Crippen LogP contribution in [0.4, 0.5) is 4.39 Å². The van der Waals surface area contributed by atoms with Gasteiger partial charge in [-0.05, 0) is 61.9 Å². The summed E-state index contributed by atoms with van der Waals surface area (Å²) in [6.07, 6.45) is 19.7. The van der Waals surface area contributed by atoms with Crippen LogP contribution in [0.2, 0.25) is 0 Å². The molecular formula is C21H30FNS. The third-order valence-corrected chi connectivity index (χ3v) is 5.67. The van der Waals surface area contributed by atoms with E-state index in [4.69, 9.17) is 0 Å². The highest BCUT2D eigenvalue weighted by Crippen LogP contribution is 2.38. The summed E-state index contributed by atoms with van der Waals surface area (Å²) in [6, 6.07) is 0. The van der Waals surface area contributed by atoms with Crippen LogP contribution in [0.25, 0.3) is 0 Å². The van der Waals surface area contributed by atoms with Crippen LogP contribution in [0.5, 0.6) is 0 Å². The zero-order valence-corrected chi connectivity index (χ0v) is 15.5. The van der Waals surface area contributed by atoms with Crippen LogP contribution >= 0.6 is 12.2 Å². The Labute approximate surface area is 151 Å². The number of hydrogen-bond acceptors (Lipinski definition) is 2. The van der Waals surface area contributed by atoms with Crippen LogP contribution in [0.15, 0.2) is 41.6 Å². The molecule has 0 aromatic carbocycles. The Kier molecular flexibility index (Phi) is 8.08. The standard InChI is InChI=1S/C21H30FNS/c1-2-3-4-5-6-18-7-9-19(10-8-18)11-14-21(22)15-12-20(13-16-21)23-17-24/h2,12-13,15,18-19H,1,3-11,14,16H2. The van der Waals surface area contributed by atoms with Crippen molar-refractivity contribution in [2.75, 3.05) is 0 Å². The van der Waals surface area contributed by atoms with Crippen molar-refractivity contribution < 1.29 is 4.39 Å². The number of hydrogen-bond donors (Lipinski definition) is 0. The van der Waals surface area contributed by atoms with Gasteiger partial charge in [-0.2, -0.15) is 4.99 Å². The van der Waals surface area contributed by atoms with Crippen LogP contribution in [0.3, 0.4) is 0 Å². The van der Waals surface area contributed by atoms with Gasteiger partial charge in [-0.25, -0.2) is 4.39 Å². The van der Waals surface area contributed by atoms with E-state index in [2.05, 4.69) is 29.0 Å². The van der Waals surface area contributed by atoms with Crippen molar-refractivity contribution in [3.8, 4) is 0 Å². The molecule has 0 aliphatic heterocycles. The van der Waals surface area contributed by atoms with E-state index in [1.807, 2.05) is 12.2 Å². The van der Waals surface area contributed by atoms with Crippen LogP contribution in [0.1, 0.15) is 70.6 Å². The van der Waals surface area contributed by atoms with Gasteiger partial charge < -0.3 is 0 Å². The second-order valence-electron chi connectivity index (χ2n) is 7.40. The molecule has 132 valence electrons. The van der Waals surface area contributed by atoms with Crippen LogP contribution < -0.4 is 0 Å². The molecule has 0 amide bonds. The van der Waals surface area contributed by atoms with Gasteiger partial charge in [-0.3, -0.25) is 0 Å². The summed E-state index contributed by atoms with van der Waals surface area (Å²) in [5, 5.41) is 2.34. The lowest BCUT2D eigenvalue weighted by Crippen LogP contribution is -2.23. The molecule has 3 heteroatoms. The predicted molar refractivity (Wildman–Crippen MR) is 104 cm³/mol. The third kappa shape index (κ3) is 6.45. The third-order valence-electron chi connectivity index (χ3n) is 5.58. The largest absolute Gasteiger partial charge is 0.239 e. The van der Waals surface area contributed by atoms with Crippen molar-refractivity contribution in [1.82, 2.24) is 0 Å². The van der Waals surface area contributed by atoms with Gasteiger partial charge in [0.1, 0.15) is 5.67 Å². The highest BCUT2D eigenvalue weighted by atomic mass is 32.1. The Morgan fingerprint density at radius 3 is 2.54 bits per heavy atom. The highest BCUT2D eigenvalue weighted by molar-refractivity contribution is 7.78. The average molecular weight is 348 g/mol. The molecule has 2 rings (SSSR count). The van der Waals surface area contributed by atoms with Gasteiger partial charge >= 0.3 is 0 Å². The molecular weight excluding hydrogens is 317 g/mol. The van der Waals surface area contributed by atoms with Gasteiger partial charge in [0.15, 0.2) is 0 Å². The molecule has 2 aliphatic carbocycles. The van der Waals surface area contributed by atoms with Crippen molar-refractivity contribution in [3.05, 3.63) is 36.6 Å². The van der Waals surface area contributed by atoms with E-state index in [1.54, 1.807) is 12.2 Å². The van der Waals surface area contributed by atoms with Gasteiger partial charge in [0, 0.05) is 6.42 Å². The lowest BCUT2D eigenvalue weighted by molar-refractivity contribution is 0.175. The maximum absolute atomic E-state index is 14.8. The van der Waals surface area contributed by atoms with Crippen LogP contribution in [-0.4, -0.2) is 10.8 Å². The van der Waals surface area contributed by atoms with E-state index in [0.717, 1.165) is 24.5 Å². The first-order valence-corrected chi connectivity index (χ1v) is 9.83. The summed E-state index contributed by atoms with van der Waals surface area (Å²) in [7, 11) is 0. The summed E-state index contributed by atoms with van der Waals surface area (Å²) < 4.78 is 14.8. The number of aliphatic imine (C=N–C) groups is 1. The first kappa shape index (κ1) is 19.3. The number of allylic oxidation sites excluding steroid dienone is 4. The van der Waals surface area contributed by atoms with Crippen LogP contribution in [-0.2, 0) is 0 Å². The van der Waals surface area contributed by atoms with Crippen molar-refractivity contribution in [3.63, 3.8) is 0 Å². The first-order chi connectivity index (χ1) is 11.6. The molecule has 1 saturated carbocycles. The Morgan fingerprint density at radius 2 is 1.96 bits per heavy atom. The molecule has 24 heavy (non-hydrogen) atoms. The molecule has 1 nitrogen and oxygen atoms in total. The van der Waals surface area contributed by atoms with E-state index in [1.165, 1.54) is 44.9 Å². The quantitative estimate of drug-likeness (QED) is 0.190. The Balaban J connectivity index is 1.65. The van der Waals surface area contributed by atoms with Crippen molar-refractivity contribution >= 4 is 17.4 Å². The Hall–Kier alpha value is -1.05. The first-order valence-electron chi connectivity index (χ1n) is 9.42. The number of nitrogens with zero attached hydrogens (tertiary/aromatic N) is 1. The lowest BCUT2D eigenvalue weighted by atomic mass is 9.76. The number of isothiocyanates is 1. The predicted octanol–water partition coefficient (Wildman–Crippen LogP) is 6.97. The average Bonchev–Trinajstić information content (AvgIpc) is 2.61. The van der Waals surface area contributed by atoms with Gasteiger partial charge in [0.2, 0.25) is 0 Å². The molecule has 0 N–H and O–H groups in total. The molecule has 0 saturated heterocycles.